The van der Waals surface area contributed by atoms with E-state index < -0.39 is 6.10 Å². The molecule has 0 aromatic heterocycles. The van der Waals surface area contributed by atoms with Gasteiger partial charge in [0.25, 0.3) is 5.91 Å². The van der Waals surface area contributed by atoms with Crippen LogP contribution in [-0.2, 0) is 0 Å². The summed E-state index contributed by atoms with van der Waals surface area (Å²) in [6, 6.07) is 18.7. The first kappa shape index (κ1) is 16.4. The van der Waals surface area contributed by atoms with E-state index in [4.69, 9.17) is 9.47 Å². The number of aliphatic hydroxyl groups excluding tert-OH is 1. The number of nitrogens with zero attached hydrogens (tertiary/aromatic N) is 1. The lowest BCUT2D eigenvalue weighted by molar-refractivity contribution is 0.0913. The van der Waals surface area contributed by atoms with E-state index in [0.717, 1.165) is 22.2 Å². The molecule has 1 amide bonds. The molecular formula is C21H19NO4. The van der Waals surface area contributed by atoms with Gasteiger partial charge in [0.15, 0.2) is 0 Å². The molecule has 26 heavy (non-hydrogen) atoms. The number of aliphatic hydroxyl groups is 1. The van der Waals surface area contributed by atoms with Gasteiger partial charge in [-0.25, -0.2) is 0 Å². The number of β-amino-alcohol motifs (C(OH)–C–C–N with tert-alkyl or cyclic N) is 1. The van der Waals surface area contributed by atoms with Gasteiger partial charge >= 0.3 is 0 Å². The molecule has 0 fully saturated rings. The molecule has 0 radical (unpaired) electrons. The zero-order valence-corrected chi connectivity index (χ0v) is 14.4. The average molecular weight is 349 g/mol. The lowest BCUT2D eigenvalue weighted by atomic mass is 10.1. The maximum absolute atomic E-state index is 12.7. The summed E-state index contributed by atoms with van der Waals surface area (Å²) in [6.07, 6.45) is -0.800. The van der Waals surface area contributed by atoms with Crippen molar-refractivity contribution in [3.63, 3.8) is 0 Å². The van der Waals surface area contributed by atoms with Gasteiger partial charge < -0.3 is 19.5 Å². The Bertz CT molecular complexity index is 947. The summed E-state index contributed by atoms with van der Waals surface area (Å²) in [4.78, 5) is 14.3. The van der Waals surface area contributed by atoms with E-state index >= 15 is 0 Å². The third-order valence-corrected chi connectivity index (χ3v) is 4.54. The number of anilines is 1. The van der Waals surface area contributed by atoms with E-state index in [2.05, 4.69) is 0 Å². The minimum atomic E-state index is -0.800. The Kier molecular flexibility index (Phi) is 4.22. The summed E-state index contributed by atoms with van der Waals surface area (Å²) in [5.74, 6) is 1.30. The molecule has 0 bridgehead atoms. The Morgan fingerprint density at radius 3 is 2.42 bits per heavy atom. The Morgan fingerprint density at radius 1 is 1.00 bits per heavy atom. The predicted molar refractivity (Wildman–Crippen MR) is 100 cm³/mol. The summed E-state index contributed by atoms with van der Waals surface area (Å²) in [5, 5.41) is 12.4. The first-order valence-electron chi connectivity index (χ1n) is 8.46. The van der Waals surface area contributed by atoms with Gasteiger partial charge in [0.05, 0.1) is 19.3 Å². The van der Waals surface area contributed by atoms with Crippen LogP contribution in [0.25, 0.3) is 10.8 Å². The third-order valence-electron chi connectivity index (χ3n) is 4.54. The first-order valence-corrected chi connectivity index (χ1v) is 8.46. The average Bonchev–Trinajstić information content (AvgIpc) is 2.95. The summed E-state index contributed by atoms with van der Waals surface area (Å²) in [6.45, 7) is 0.283. The van der Waals surface area contributed by atoms with E-state index in [1.54, 1.807) is 36.3 Å². The smallest absolute Gasteiger partial charge is 0.259 e. The van der Waals surface area contributed by atoms with Crippen molar-refractivity contribution in [1.82, 2.24) is 0 Å². The van der Waals surface area contributed by atoms with Crippen LogP contribution in [0.1, 0.15) is 10.4 Å². The molecule has 1 aliphatic heterocycles. The van der Waals surface area contributed by atoms with Crippen molar-refractivity contribution in [2.24, 2.45) is 0 Å². The Morgan fingerprint density at radius 2 is 1.69 bits per heavy atom. The summed E-state index contributed by atoms with van der Waals surface area (Å²) in [5.41, 5.74) is 1.52. The topological polar surface area (TPSA) is 59.0 Å². The predicted octanol–water partition coefficient (Wildman–Crippen LogP) is 3.25. The first-order chi connectivity index (χ1) is 12.7. The number of ether oxygens (including phenoxy) is 2. The van der Waals surface area contributed by atoms with Crippen molar-refractivity contribution in [3.8, 4) is 11.5 Å². The fraction of sp³-hybridized carbons (Fsp3) is 0.190. The number of rotatable bonds is 6. The number of carbonyl (C=O) groups excluding carboxylic acids is 1. The van der Waals surface area contributed by atoms with Crippen LogP contribution in [0.5, 0.6) is 11.5 Å². The lowest BCUT2D eigenvalue weighted by Crippen LogP contribution is -2.37. The van der Waals surface area contributed by atoms with Crippen molar-refractivity contribution in [3.05, 3.63) is 66.2 Å². The largest absolute Gasteiger partial charge is 0.497 e. The maximum atomic E-state index is 12.7. The minimum Gasteiger partial charge on any atom is -0.497 e. The SMILES string of the molecule is COc1ccc(OCC(O)CN2C(=O)c3cccc4cccc2c34)cc1. The van der Waals surface area contributed by atoms with Crippen LogP contribution >= 0.6 is 0 Å². The number of methoxy groups -OCH3 is 1. The molecule has 5 heteroatoms. The fourth-order valence-electron chi connectivity index (χ4n) is 3.29. The standard InChI is InChI=1S/C21H19NO4/c1-25-16-8-10-17(11-9-16)26-13-15(23)12-22-19-7-3-5-14-4-2-6-18(20(14)19)21(22)24/h2-11,15,23H,12-13H2,1H3. The van der Waals surface area contributed by atoms with Crippen LogP contribution in [-0.4, -0.2) is 37.4 Å². The highest BCUT2D eigenvalue weighted by molar-refractivity contribution is 6.25. The van der Waals surface area contributed by atoms with E-state index in [-0.39, 0.29) is 19.1 Å². The fourth-order valence-corrected chi connectivity index (χ4v) is 3.29. The second-order valence-corrected chi connectivity index (χ2v) is 6.24. The van der Waals surface area contributed by atoms with Crippen molar-refractivity contribution in [1.29, 1.82) is 0 Å². The number of carbonyl (C=O) groups is 1. The number of hydrogen-bond donors (Lipinski definition) is 1. The Labute approximate surface area is 151 Å². The van der Waals surface area contributed by atoms with Crippen molar-refractivity contribution < 1.29 is 19.4 Å². The molecule has 132 valence electrons. The van der Waals surface area contributed by atoms with Gasteiger partial charge in [-0.05, 0) is 41.8 Å². The highest BCUT2D eigenvalue weighted by Crippen LogP contribution is 2.37. The van der Waals surface area contributed by atoms with Gasteiger partial charge in [-0.2, -0.15) is 0 Å². The molecule has 1 aliphatic rings. The normalized spacial score (nSPS) is 13.9. The van der Waals surface area contributed by atoms with Crippen LogP contribution in [0.4, 0.5) is 5.69 Å². The van der Waals surface area contributed by atoms with E-state index in [1.807, 2.05) is 36.4 Å². The summed E-state index contributed by atoms with van der Waals surface area (Å²) >= 11 is 0. The van der Waals surface area contributed by atoms with Crippen molar-refractivity contribution in [2.75, 3.05) is 25.2 Å². The molecule has 3 aromatic rings. The van der Waals surface area contributed by atoms with Gasteiger partial charge in [-0.3, -0.25) is 4.79 Å². The molecule has 1 atom stereocenters. The van der Waals surface area contributed by atoms with Crippen LogP contribution in [0.3, 0.4) is 0 Å². The van der Waals surface area contributed by atoms with Gasteiger partial charge in [-0.1, -0.05) is 24.3 Å². The van der Waals surface area contributed by atoms with Crippen LogP contribution in [0.15, 0.2) is 60.7 Å². The molecule has 0 saturated carbocycles. The van der Waals surface area contributed by atoms with Gasteiger partial charge in [0.2, 0.25) is 0 Å². The molecule has 1 N–H and O–H groups in total. The van der Waals surface area contributed by atoms with Gasteiger partial charge in [0.1, 0.15) is 24.2 Å². The van der Waals surface area contributed by atoms with E-state index in [9.17, 15) is 9.90 Å². The lowest BCUT2D eigenvalue weighted by Gasteiger charge is -2.21. The number of amides is 1. The van der Waals surface area contributed by atoms with Crippen LogP contribution < -0.4 is 14.4 Å². The maximum Gasteiger partial charge on any atom is 0.259 e. The van der Waals surface area contributed by atoms with Crippen molar-refractivity contribution >= 4 is 22.4 Å². The molecule has 5 nitrogen and oxygen atoms in total. The quantitative estimate of drug-likeness (QED) is 0.742. The zero-order chi connectivity index (χ0) is 18.1. The van der Waals surface area contributed by atoms with Crippen LogP contribution in [0, 0.1) is 0 Å². The second-order valence-electron chi connectivity index (χ2n) is 6.24. The molecule has 0 aliphatic carbocycles. The molecule has 1 heterocycles. The Balaban J connectivity index is 1.46. The zero-order valence-electron chi connectivity index (χ0n) is 14.4. The number of benzene rings is 3. The Hall–Kier alpha value is -3.05. The third kappa shape index (κ3) is 2.86. The second kappa shape index (κ2) is 6.69. The minimum absolute atomic E-state index is 0.0831. The molecular weight excluding hydrogens is 330 g/mol. The van der Waals surface area contributed by atoms with Gasteiger partial charge in [0, 0.05) is 10.9 Å². The van der Waals surface area contributed by atoms with Crippen LogP contribution in [0.2, 0.25) is 0 Å². The molecule has 0 spiro atoms. The molecule has 4 rings (SSSR count). The summed E-state index contributed by atoms with van der Waals surface area (Å²) < 4.78 is 10.7. The highest BCUT2D eigenvalue weighted by Gasteiger charge is 2.30. The molecule has 3 aromatic carbocycles. The number of hydrogen-bond acceptors (Lipinski definition) is 4. The molecule has 1 unspecified atom stereocenters. The van der Waals surface area contributed by atoms with E-state index in [1.165, 1.54) is 0 Å². The highest BCUT2D eigenvalue weighted by atomic mass is 16.5. The van der Waals surface area contributed by atoms with Gasteiger partial charge in [-0.15, -0.1) is 0 Å². The summed E-state index contributed by atoms with van der Waals surface area (Å²) in [7, 11) is 1.60. The van der Waals surface area contributed by atoms with Crippen molar-refractivity contribution in [2.45, 2.75) is 6.10 Å². The van der Waals surface area contributed by atoms with E-state index in [0.29, 0.717) is 11.3 Å². The molecule has 0 saturated heterocycles. The monoisotopic (exact) mass is 349 g/mol.